The minimum atomic E-state index is -0.764. The summed E-state index contributed by atoms with van der Waals surface area (Å²) in [5, 5.41) is 5.68. The van der Waals surface area contributed by atoms with Crippen molar-refractivity contribution in [3.05, 3.63) is 48.5 Å². The van der Waals surface area contributed by atoms with Crippen molar-refractivity contribution in [2.75, 3.05) is 50.1 Å². The molecule has 2 amide bonds. The molecular formula is C24H29N5O4. The number of carbonyl (C=O) groups is 2. The summed E-state index contributed by atoms with van der Waals surface area (Å²) in [6, 6.07) is 14.3. The maximum atomic E-state index is 12.8. The van der Waals surface area contributed by atoms with Gasteiger partial charge in [0.15, 0.2) is 0 Å². The first-order valence-electron chi connectivity index (χ1n) is 11.1. The molecular weight excluding hydrogens is 422 g/mol. The number of nitrogens with one attached hydrogen (secondary N) is 2. The van der Waals surface area contributed by atoms with Crippen molar-refractivity contribution in [2.45, 2.75) is 19.4 Å². The van der Waals surface area contributed by atoms with Crippen LogP contribution < -0.4 is 25.0 Å². The fourth-order valence-corrected chi connectivity index (χ4v) is 3.89. The third-order valence-corrected chi connectivity index (χ3v) is 5.66. The monoisotopic (exact) mass is 451 g/mol. The number of benzene rings is 2. The Labute approximate surface area is 193 Å². The number of aliphatic imine (C=N–C) groups is 1. The van der Waals surface area contributed by atoms with Crippen molar-refractivity contribution >= 4 is 29.1 Å². The summed E-state index contributed by atoms with van der Waals surface area (Å²) in [5.41, 5.74) is 1.76. The van der Waals surface area contributed by atoms with E-state index in [1.54, 1.807) is 31.4 Å². The lowest BCUT2D eigenvalue weighted by atomic mass is 10.1. The normalized spacial score (nSPS) is 18.3. The lowest BCUT2D eigenvalue weighted by molar-refractivity contribution is -0.125. The van der Waals surface area contributed by atoms with E-state index in [2.05, 4.69) is 20.5 Å². The van der Waals surface area contributed by atoms with E-state index < -0.39 is 6.04 Å². The zero-order valence-corrected chi connectivity index (χ0v) is 18.9. The SMILES string of the molecule is CCOc1ccc(NC(=O)[C@H]2CC(=O)NC(N3CCN(c4ccc(OC)cc4)CC3)=N2)cc1. The van der Waals surface area contributed by atoms with Crippen LogP contribution in [0.4, 0.5) is 11.4 Å². The molecule has 1 atom stereocenters. The van der Waals surface area contributed by atoms with Crippen LogP contribution in [0.25, 0.3) is 0 Å². The Hall–Kier alpha value is -3.75. The van der Waals surface area contributed by atoms with Crippen molar-refractivity contribution in [3.8, 4) is 11.5 Å². The van der Waals surface area contributed by atoms with Crippen LogP contribution in [0.5, 0.6) is 11.5 Å². The third-order valence-electron chi connectivity index (χ3n) is 5.66. The Morgan fingerprint density at radius 1 is 1.03 bits per heavy atom. The summed E-state index contributed by atoms with van der Waals surface area (Å²) in [6.07, 6.45) is 0.0260. The van der Waals surface area contributed by atoms with Crippen LogP contribution in [0, 0.1) is 0 Å². The van der Waals surface area contributed by atoms with Gasteiger partial charge in [0.1, 0.15) is 17.5 Å². The van der Waals surface area contributed by atoms with Gasteiger partial charge in [0, 0.05) is 37.6 Å². The Morgan fingerprint density at radius 3 is 2.30 bits per heavy atom. The predicted octanol–water partition coefficient (Wildman–Crippen LogP) is 2.10. The van der Waals surface area contributed by atoms with Gasteiger partial charge in [-0.15, -0.1) is 0 Å². The molecule has 174 valence electrons. The molecule has 0 aromatic heterocycles. The van der Waals surface area contributed by atoms with Crippen LogP contribution in [0.2, 0.25) is 0 Å². The molecule has 0 spiro atoms. The van der Waals surface area contributed by atoms with E-state index in [9.17, 15) is 9.59 Å². The van der Waals surface area contributed by atoms with Crippen LogP contribution in [-0.2, 0) is 9.59 Å². The molecule has 33 heavy (non-hydrogen) atoms. The summed E-state index contributed by atoms with van der Waals surface area (Å²) in [5.74, 6) is 1.52. The van der Waals surface area contributed by atoms with Crippen molar-refractivity contribution in [1.29, 1.82) is 0 Å². The lowest BCUT2D eigenvalue weighted by Gasteiger charge is -2.38. The molecule has 2 heterocycles. The van der Waals surface area contributed by atoms with E-state index in [0.29, 0.717) is 31.3 Å². The molecule has 0 radical (unpaired) electrons. The smallest absolute Gasteiger partial charge is 0.249 e. The van der Waals surface area contributed by atoms with Crippen LogP contribution >= 0.6 is 0 Å². The first kappa shape index (κ1) is 22.4. The summed E-state index contributed by atoms with van der Waals surface area (Å²) in [7, 11) is 1.65. The predicted molar refractivity (Wildman–Crippen MR) is 127 cm³/mol. The minimum Gasteiger partial charge on any atom is -0.497 e. The highest BCUT2D eigenvalue weighted by molar-refractivity contribution is 6.06. The van der Waals surface area contributed by atoms with Gasteiger partial charge >= 0.3 is 0 Å². The van der Waals surface area contributed by atoms with Gasteiger partial charge in [-0.2, -0.15) is 0 Å². The average Bonchev–Trinajstić information content (AvgIpc) is 2.85. The second kappa shape index (κ2) is 10.2. The second-order valence-electron chi connectivity index (χ2n) is 7.84. The second-order valence-corrected chi connectivity index (χ2v) is 7.84. The average molecular weight is 452 g/mol. The molecule has 0 unspecified atom stereocenters. The van der Waals surface area contributed by atoms with Crippen LogP contribution in [0.3, 0.4) is 0 Å². The summed E-state index contributed by atoms with van der Waals surface area (Å²) >= 11 is 0. The summed E-state index contributed by atoms with van der Waals surface area (Å²) < 4.78 is 10.6. The number of ether oxygens (including phenoxy) is 2. The quantitative estimate of drug-likeness (QED) is 0.699. The molecule has 2 aliphatic heterocycles. The molecule has 1 fully saturated rings. The topological polar surface area (TPSA) is 95.5 Å². The van der Waals surface area contributed by atoms with Crippen LogP contribution in [-0.4, -0.2) is 68.6 Å². The Bertz CT molecular complexity index is 999. The molecule has 0 saturated carbocycles. The van der Waals surface area contributed by atoms with E-state index in [0.717, 1.165) is 30.3 Å². The van der Waals surface area contributed by atoms with Gasteiger partial charge in [-0.3, -0.25) is 14.9 Å². The number of methoxy groups -OCH3 is 1. The molecule has 2 aromatic carbocycles. The molecule has 2 N–H and O–H groups in total. The maximum Gasteiger partial charge on any atom is 0.249 e. The van der Waals surface area contributed by atoms with Crippen molar-refractivity contribution in [2.24, 2.45) is 4.99 Å². The van der Waals surface area contributed by atoms with Crippen molar-refractivity contribution in [3.63, 3.8) is 0 Å². The number of guanidine groups is 1. The van der Waals surface area contributed by atoms with Gasteiger partial charge in [-0.25, -0.2) is 4.99 Å². The molecule has 0 aliphatic carbocycles. The van der Waals surface area contributed by atoms with Crippen molar-refractivity contribution in [1.82, 2.24) is 10.2 Å². The maximum absolute atomic E-state index is 12.8. The Morgan fingerprint density at radius 2 is 1.67 bits per heavy atom. The van der Waals surface area contributed by atoms with Crippen LogP contribution in [0.1, 0.15) is 13.3 Å². The van der Waals surface area contributed by atoms with Crippen LogP contribution in [0.15, 0.2) is 53.5 Å². The van der Waals surface area contributed by atoms with E-state index in [-0.39, 0.29) is 18.2 Å². The number of amides is 2. The highest BCUT2D eigenvalue weighted by Crippen LogP contribution is 2.21. The van der Waals surface area contributed by atoms with Gasteiger partial charge in [-0.1, -0.05) is 0 Å². The number of rotatable bonds is 6. The summed E-state index contributed by atoms with van der Waals surface area (Å²) in [6.45, 7) is 5.44. The van der Waals surface area contributed by atoms with Crippen molar-refractivity contribution < 1.29 is 19.1 Å². The first-order valence-corrected chi connectivity index (χ1v) is 11.1. The molecule has 2 aliphatic rings. The zero-order chi connectivity index (χ0) is 23.2. The molecule has 0 bridgehead atoms. The first-order chi connectivity index (χ1) is 16.1. The highest BCUT2D eigenvalue weighted by Gasteiger charge is 2.30. The van der Waals surface area contributed by atoms with Gasteiger partial charge in [0.25, 0.3) is 0 Å². The fourth-order valence-electron chi connectivity index (χ4n) is 3.89. The number of hydrogen-bond acceptors (Lipinski definition) is 7. The highest BCUT2D eigenvalue weighted by atomic mass is 16.5. The number of carbonyl (C=O) groups excluding carboxylic acids is 2. The number of nitrogens with zero attached hydrogens (tertiary/aromatic N) is 3. The lowest BCUT2D eigenvalue weighted by Crippen LogP contribution is -2.56. The molecule has 9 heteroatoms. The fraction of sp³-hybridized carbons (Fsp3) is 0.375. The number of anilines is 2. The van der Waals surface area contributed by atoms with E-state index in [1.165, 1.54) is 0 Å². The minimum absolute atomic E-state index is 0.0260. The van der Waals surface area contributed by atoms with Gasteiger partial charge in [-0.05, 0) is 55.5 Å². The largest absolute Gasteiger partial charge is 0.497 e. The third kappa shape index (κ3) is 5.54. The van der Waals surface area contributed by atoms with Gasteiger partial charge in [0.2, 0.25) is 17.8 Å². The van der Waals surface area contributed by atoms with E-state index in [4.69, 9.17) is 9.47 Å². The zero-order valence-electron chi connectivity index (χ0n) is 18.9. The Kier molecular flexibility index (Phi) is 6.97. The van der Waals surface area contributed by atoms with Gasteiger partial charge in [0.05, 0.1) is 20.1 Å². The molecule has 9 nitrogen and oxygen atoms in total. The number of hydrogen-bond donors (Lipinski definition) is 2. The molecule has 4 rings (SSSR count). The van der Waals surface area contributed by atoms with E-state index >= 15 is 0 Å². The number of piperazine rings is 1. The molecule has 2 aromatic rings. The van der Waals surface area contributed by atoms with E-state index in [1.807, 2.05) is 36.1 Å². The molecule has 1 saturated heterocycles. The summed E-state index contributed by atoms with van der Waals surface area (Å²) in [4.78, 5) is 33.9. The standard InChI is InChI=1S/C24H29N5O4/c1-3-33-20-8-4-17(5-9-20)25-23(31)21-16-22(30)27-24(26-21)29-14-12-28(13-15-29)18-6-10-19(32-2)11-7-18/h4-11,21H,3,12-16H2,1-2H3,(H,25,31)(H,26,27,30)/t21-/m1/s1. The van der Waals surface area contributed by atoms with Gasteiger partial charge < -0.3 is 24.6 Å². The Balaban J connectivity index is 1.37.